The smallest absolute Gasteiger partial charge is 0.251 e. The summed E-state index contributed by atoms with van der Waals surface area (Å²) in [4.78, 5) is 2.34. The fourth-order valence-electron chi connectivity index (χ4n) is 2.33. The van der Waals surface area contributed by atoms with Gasteiger partial charge in [0.25, 0.3) is 5.13 Å². The van der Waals surface area contributed by atoms with Crippen LogP contribution in [0.2, 0.25) is 0 Å². The highest BCUT2D eigenvalue weighted by atomic mass is 79.9. The van der Waals surface area contributed by atoms with Gasteiger partial charge in [-0.3, -0.25) is 0 Å². The largest absolute Gasteiger partial charge is 1.00 e. The lowest BCUT2D eigenvalue weighted by Crippen LogP contribution is -3.00. The first-order chi connectivity index (χ1) is 11.8. The van der Waals surface area contributed by atoms with E-state index >= 15 is 0 Å². The Morgan fingerprint density at radius 3 is 2.48 bits per heavy atom. The molecule has 3 rings (SSSR count). The number of hydrogen-bond donors (Lipinski definition) is 0. The first kappa shape index (κ1) is 19.1. The van der Waals surface area contributed by atoms with E-state index in [1.165, 1.54) is 17.0 Å². The molecule has 0 N–H and O–H groups in total. The Hall–Kier alpha value is -2.19. The van der Waals surface area contributed by atoms with Crippen molar-refractivity contribution in [2.75, 3.05) is 18.0 Å². The van der Waals surface area contributed by atoms with Crippen LogP contribution in [0.15, 0.2) is 70.6 Å². The molecule has 2 heterocycles. The highest BCUT2D eigenvalue weighted by Gasteiger charge is 2.07. The van der Waals surface area contributed by atoms with Gasteiger partial charge < -0.3 is 21.9 Å². The number of aromatic nitrogens is 3. The Labute approximate surface area is 161 Å². The molecule has 6 nitrogen and oxygen atoms in total. The Kier molecular flexibility index (Phi) is 7.62. The van der Waals surface area contributed by atoms with Crippen LogP contribution in [0.5, 0.6) is 0 Å². The minimum Gasteiger partial charge on any atom is -1.00 e. The normalized spacial score (nSPS) is 10.6. The predicted molar refractivity (Wildman–Crippen MR) is 95.1 cm³/mol. The molecule has 1 aromatic carbocycles. The molecule has 8 heteroatoms. The summed E-state index contributed by atoms with van der Waals surface area (Å²) in [6.45, 7) is 5.03. The van der Waals surface area contributed by atoms with Crippen molar-refractivity contribution in [3.63, 3.8) is 0 Å². The molecule has 0 saturated carbocycles. The SMILES string of the molecule is CCN(CC[n+]1ccccc1)c1ccc(N=Nc2nncs2)cc1.[Br-]. The molecule has 3 aromatic rings. The maximum atomic E-state index is 4.18. The maximum absolute atomic E-state index is 4.18. The van der Waals surface area contributed by atoms with E-state index in [-0.39, 0.29) is 17.0 Å². The van der Waals surface area contributed by atoms with Crippen LogP contribution in [-0.2, 0) is 6.54 Å². The van der Waals surface area contributed by atoms with Crippen LogP contribution in [0.4, 0.5) is 16.5 Å². The average molecular weight is 419 g/mol. The summed E-state index contributed by atoms with van der Waals surface area (Å²) in [5.41, 5.74) is 3.63. The lowest BCUT2D eigenvalue weighted by Gasteiger charge is -2.21. The van der Waals surface area contributed by atoms with Crippen molar-refractivity contribution < 1.29 is 21.5 Å². The van der Waals surface area contributed by atoms with E-state index < -0.39 is 0 Å². The molecule has 0 amide bonds. The first-order valence-electron chi connectivity index (χ1n) is 7.82. The zero-order chi connectivity index (χ0) is 16.6. The van der Waals surface area contributed by atoms with Gasteiger partial charge in [0.1, 0.15) is 5.51 Å². The lowest BCUT2D eigenvalue weighted by molar-refractivity contribution is -0.694. The molecule has 130 valence electrons. The number of azo groups is 1. The molecule has 0 unspecified atom stereocenters. The second-order valence-corrected chi connectivity index (χ2v) is 5.94. The van der Waals surface area contributed by atoms with Crippen LogP contribution < -0.4 is 26.4 Å². The van der Waals surface area contributed by atoms with Crippen LogP contribution in [0.1, 0.15) is 6.92 Å². The minimum atomic E-state index is 0. The third-order valence-electron chi connectivity index (χ3n) is 3.60. The van der Waals surface area contributed by atoms with Gasteiger partial charge in [-0.25, -0.2) is 4.57 Å². The quantitative estimate of drug-likeness (QED) is 0.420. The van der Waals surface area contributed by atoms with E-state index in [1.807, 2.05) is 30.3 Å². The average Bonchev–Trinajstić information content (AvgIpc) is 3.16. The Bertz CT molecular complexity index is 762. The Morgan fingerprint density at radius 1 is 1.08 bits per heavy atom. The maximum Gasteiger partial charge on any atom is 0.251 e. The summed E-state index contributed by atoms with van der Waals surface area (Å²) in [5, 5.41) is 16.4. The number of likely N-dealkylation sites (N-methyl/N-ethyl adjacent to an activating group) is 1. The predicted octanol–water partition coefficient (Wildman–Crippen LogP) is 0.771. The van der Waals surface area contributed by atoms with E-state index in [1.54, 1.807) is 5.51 Å². The van der Waals surface area contributed by atoms with Gasteiger partial charge in [0.2, 0.25) is 0 Å². The van der Waals surface area contributed by atoms with Crippen LogP contribution in [0, 0.1) is 0 Å². The monoisotopic (exact) mass is 418 g/mol. The van der Waals surface area contributed by atoms with Crippen molar-refractivity contribution in [3.05, 3.63) is 60.4 Å². The molecule has 2 aromatic heterocycles. The van der Waals surface area contributed by atoms with Gasteiger partial charge in [-0.2, -0.15) is 0 Å². The second-order valence-electron chi connectivity index (χ2n) is 5.13. The summed E-state index contributed by atoms with van der Waals surface area (Å²) >= 11 is 1.37. The van der Waals surface area contributed by atoms with Gasteiger partial charge >= 0.3 is 0 Å². The molecule has 0 saturated heterocycles. The number of halogens is 1. The van der Waals surface area contributed by atoms with Gasteiger partial charge in [-0.1, -0.05) is 17.4 Å². The van der Waals surface area contributed by atoms with Gasteiger partial charge in [0.15, 0.2) is 18.9 Å². The second kappa shape index (κ2) is 9.95. The van der Waals surface area contributed by atoms with Gasteiger partial charge in [0.05, 0.1) is 12.2 Å². The molecule has 0 aliphatic heterocycles. The molecule has 0 fully saturated rings. The molecular formula is C17H19BrN6S. The summed E-state index contributed by atoms with van der Waals surface area (Å²) in [7, 11) is 0. The minimum absolute atomic E-state index is 0. The van der Waals surface area contributed by atoms with Crippen LogP contribution in [-0.4, -0.2) is 23.3 Å². The Morgan fingerprint density at radius 2 is 1.84 bits per heavy atom. The van der Waals surface area contributed by atoms with Crippen molar-refractivity contribution in [2.45, 2.75) is 13.5 Å². The van der Waals surface area contributed by atoms with Crippen molar-refractivity contribution in [1.82, 2.24) is 10.2 Å². The van der Waals surface area contributed by atoms with E-state index in [0.717, 1.165) is 25.3 Å². The summed E-state index contributed by atoms with van der Waals surface area (Å²) < 4.78 is 2.19. The molecule has 0 aliphatic carbocycles. The lowest BCUT2D eigenvalue weighted by atomic mass is 10.2. The van der Waals surface area contributed by atoms with Crippen molar-refractivity contribution >= 4 is 27.8 Å². The zero-order valence-electron chi connectivity index (χ0n) is 13.9. The highest BCUT2D eigenvalue weighted by Crippen LogP contribution is 2.22. The fourth-order valence-corrected chi connectivity index (χ4v) is 2.70. The summed E-state index contributed by atoms with van der Waals surface area (Å²) in [5.74, 6) is 0. The third-order valence-corrected chi connectivity index (χ3v) is 4.18. The molecule has 0 bridgehead atoms. The van der Waals surface area contributed by atoms with Crippen LogP contribution in [0.25, 0.3) is 0 Å². The zero-order valence-corrected chi connectivity index (χ0v) is 16.3. The number of nitrogens with zero attached hydrogens (tertiary/aromatic N) is 6. The molecular weight excluding hydrogens is 400 g/mol. The molecule has 0 radical (unpaired) electrons. The van der Waals surface area contributed by atoms with Gasteiger partial charge in [-0.05, 0) is 31.2 Å². The molecule has 0 atom stereocenters. The topological polar surface area (TPSA) is 57.6 Å². The van der Waals surface area contributed by atoms with E-state index in [4.69, 9.17) is 0 Å². The van der Waals surface area contributed by atoms with E-state index in [2.05, 4.69) is 61.3 Å². The van der Waals surface area contributed by atoms with Crippen LogP contribution >= 0.6 is 11.3 Å². The highest BCUT2D eigenvalue weighted by molar-refractivity contribution is 7.13. The summed E-state index contributed by atoms with van der Waals surface area (Å²) in [6, 6.07) is 14.2. The number of hydrogen-bond acceptors (Lipinski definition) is 6. The number of anilines is 1. The van der Waals surface area contributed by atoms with Gasteiger partial charge in [-0.15, -0.1) is 20.4 Å². The van der Waals surface area contributed by atoms with E-state index in [9.17, 15) is 0 Å². The first-order valence-corrected chi connectivity index (χ1v) is 8.70. The van der Waals surface area contributed by atoms with E-state index in [0.29, 0.717) is 5.13 Å². The Balaban J connectivity index is 0.00000225. The fraction of sp³-hybridized carbons (Fsp3) is 0.235. The third kappa shape index (κ3) is 5.68. The number of rotatable bonds is 7. The molecule has 25 heavy (non-hydrogen) atoms. The number of benzene rings is 1. The van der Waals surface area contributed by atoms with Crippen molar-refractivity contribution in [2.24, 2.45) is 10.2 Å². The standard InChI is InChI=1S/C17H19N6S.BrH/c1-2-23(13-12-22-10-4-3-5-11-22)16-8-6-15(7-9-16)19-21-17-20-18-14-24-17;/h3-11,14H,2,12-13H2,1H3;1H/q+1;/p-1. The van der Waals surface area contributed by atoms with Gasteiger partial charge in [0, 0.05) is 24.4 Å². The molecule has 0 spiro atoms. The number of pyridine rings is 1. The van der Waals surface area contributed by atoms with Crippen molar-refractivity contribution in [1.29, 1.82) is 0 Å². The molecule has 0 aliphatic rings. The van der Waals surface area contributed by atoms with Crippen molar-refractivity contribution in [3.8, 4) is 0 Å². The van der Waals surface area contributed by atoms with Crippen LogP contribution in [0.3, 0.4) is 0 Å². The summed E-state index contributed by atoms with van der Waals surface area (Å²) in [6.07, 6.45) is 4.18.